The number of esters is 1. The van der Waals surface area contributed by atoms with Gasteiger partial charge in [-0.1, -0.05) is 0 Å². The number of rotatable bonds is 2. The molecule has 1 aliphatic rings. The lowest BCUT2D eigenvalue weighted by molar-refractivity contribution is 0.0605. The normalized spacial score (nSPS) is 14.0. The second-order valence-electron chi connectivity index (χ2n) is 5.87. The number of fused-ring (bicyclic) bond motifs is 2. The Morgan fingerprint density at radius 1 is 1.38 bits per heavy atom. The molecule has 0 saturated carbocycles. The number of aryl methyl sites for hydroxylation is 2. The summed E-state index contributed by atoms with van der Waals surface area (Å²) < 4.78 is 4.90. The number of H-pyrrole nitrogens is 1. The summed E-state index contributed by atoms with van der Waals surface area (Å²) in [6.07, 6.45) is 2.76. The minimum absolute atomic E-state index is 0.324. The van der Waals surface area contributed by atoms with Crippen LogP contribution < -0.4 is 4.90 Å². The van der Waals surface area contributed by atoms with Crippen LogP contribution in [0.3, 0.4) is 0 Å². The van der Waals surface area contributed by atoms with Gasteiger partial charge < -0.3 is 9.64 Å². The largest absolute Gasteiger partial charge is 0.465 e. The molecule has 24 heavy (non-hydrogen) atoms. The quantitative estimate of drug-likeness (QED) is 0.719. The number of hydrogen-bond acceptors (Lipinski definition) is 7. The highest BCUT2D eigenvalue weighted by atomic mass is 32.1. The lowest BCUT2D eigenvalue weighted by atomic mass is 10.1. The van der Waals surface area contributed by atoms with E-state index in [-0.39, 0.29) is 5.97 Å². The Labute approximate surface area is 142 Å². The van der Waals surface area contributed by atoms with Crippen LogP contribution >= 0.6 is 11.3 Å². The average molecular weight is 343 g/mol. The van der Waals surface area contributed by atoms with E-state index in [1.807, 2.05) is 20.0 Å². The predicted octanol–water partition coefficient (Wildman–Crippen LogP) is 2.38. The third-order valence-electron chi connectivity index (χ3n) is 4.35. The summed E-state index contributed by atoms with van der Waals surface area (Å²) in [7, 11) is 1.40. The van der Waals surface area contributed by atoms with E-state index in [4.69, 9.17) is 4.74 Å². The van der Waals surface area contributed by atoms with Crippen LogP contribution in [0.5, 0.6) is 0 Å². The highest BCUT2D eigenvalue weighted by Crippen LogP contribution is 2.37. The number of methoxy groups -OCH3 is 1. The predicted molar refractivity (Wildman–Crippen MR) is 91.6 cm³/mol. The molecule has 124 valence electrons. The highest BCUT2D eigenvalue weighted by Gasteiger charge is 2.25. The molecule has 3 aromatic heterocycles. The lowest BCUT2D eigenvalue weighted by Crippen LogP contribution is -2.31. The maximum atomic E-state index is 12.0. The number of thiophene rings is 1. The van der Waals surface area contributed by atoms with Gasteiger partial charge >= 0.3 is 5.97 Å². The molecule has 4 heterocycles. The Bertz CT molecular complexity index is 945. The van der Waals surface area contributed by atoms with Gasteiger partial charge in [0.25, 0.3) is 0 Å². The van der Waals surface area contributed by atoms with Gasteiger partial charge in [0.1, 0.15) is 21.3 Å². The Hall–Kier alpha value is -2.48. The van der Waals surface area contributed by atoms with E-state index in [1.54, 1.807) is 0 Å². The summed E-state index contributed by atoms with van der Waals surface area (Å²) in [5.74, 6) is 1.26. The van der Waals surface area contributed by atoms with Crippen molar-refractivity contribution in [3.8, 4) is 0 Å². The number of aromatic amines is 1. The van der Waals surface area contributed by atoms with E-state index in [1.165, 1.54) is 29.7 Å². The molecule has 0 atom stereocenters. The van der Waals surface area contributed by atoms with Crippen molar-refractivity contribution in [3.63, 3.8) is 0 Å². The Kier molecular flexibility index (Phi) is 3.49. The van der Waals surface area contributed by atoms with Crippen LogP contribution in [0.4, 0.5) is 5.82 Å². The molecule has 1 aliphatic heterocycles. The van der Waals surface area contributed by atoms with Gasteiger partial charge in [0.15, 0.2) is 0 Å². The van der Waals surface area contributed by atoms with Crippen LogP contribution in [0.25, 0.3) is 10.2 Å². The Morgan fingerprint density at radius 2 is 2.21 bits per heavy atom. The zero-order valence-corrected chi connectivity index (χ0v) is 14.5. The summed E-state index contributed by atoms with van der Waals surface area (Å²) in [5.41, 5.74) is 3.26. The number of aromatic nitrogens is 4. The van der Waals surface area contributed by atoms with Gasteiger partial charge in [-0.15, -0.1) is 11.3 Å². The molecule has 4 rings (SSSR count). The first-order valence-electron chi connectivity index (χ1n) is 7.70. The number of nitrogens with one attached hydrogen (secondary N) is 1. The van der Waals surface area contributed by atoms with Crippen molar-refractivity contribution in [2.45, 2.75) is 26.8 Å². The number of nitrogens with zero attached hydrogens (tertiary/aromatic N) is 4. The van der Waals surface area contributed by atoms with Crippen LogP contribution in [0, 0.1) is 13.8 Å². The number of carbonyl (C=O) groups excluding carboxylic acids is 1. The highest BCUT2D eigenvalue weighted by molar-refractivity contribution is 7.20. The molecular formula is C16H17N5O2S. The van der Waals surface area contributed by atoms with Crippen LogP contribution in [-0.2, 0) is 17.7 Å². The lowest BCUT2D eigenvalue weighted by Gasteiger charge is -2.28. The topological polar surface area (TPSA) is 84.0 Å². The summed E-state index contributed by atoms with van der Waals surface area (Å²) in [4.78, 5) is 24.9. The molecule has 3 aromatic rings. The molecule has 0 aromatic carbocycles. The zero-order valence-electron chi connectivity index (χ0n) is 13.7. The molecular weight excluding hydrogens is 326 g/mol. The monoisotopic (exact) mass is 343 g/mol. The fourth-order valence-corrected chi connectivity index (χ4v) is 4.28. The third kappa shape index (κ3) is 2.25. The standard InChI is InChI=1S/C16H17N5O2S/c1-8-12-14(21-5-4-11-10(7-21)6-17-20-11)18-9(2)19-15(12)24-13(8)16(22)23-3/h6H,4-5,7H2,1-3H3,(H,17,20). The van der Waals surface area contributed by atoms with Gasteiger partial charge in [-0.05, 0) is 19.4 Å². The van der Waals surface area contributed by atoms with Crippen molar-refractivity contribution in [2.75, 3.05) is 18.6 Å². The number of hydrogen-bond donors (Lipinski definition) is 1. The number of carbonyl (C=O) groups is 1. The Balaban J connectivity index is 1.86. The van der Waals surface area contributed by atoms with E-state index in [0.29, 0.717) is 10.7 Å². The van der Waals surface area contributed by atoms with Crippen LogP contribution in [0.2, 0.25) is 0 Å². The van der Waals surface area contributed by atoms with Crippen molar-refractivity contribution < 1.29 is 9.53 Å². The molecule has 0 radical (unpaired) electrons. The van der Waals surface area contributed by atoms with E-state index in [2.05, 4.69) is 25.1 Å². The van der Waals surface area contributed by atoms with Crippen molar-refractivity contribution in [2.24, 2.45) is 0 Å². The first kappa shape index (κ1) is 15.1. The first-order chi connectivity index (χ1) is 11.6. The van der Waals surface area contributed by atoms with Gasteiger partial charge in [-0.3, -0.25) is 5.10 Å². The number of ether oxygens (including phenoxy) is 1. The van der Waals surface area contributed by atoms with Crippen LogP contribution in [-0.4, -0.2) is 39.8 Å². The van der Waals surface area contributed by atoms with Gasteiger partial charge in [0, 0.05) is 30.8 Å². The summed E-state index contributed by atoms with van der Waals surface area (Å²) >= 11 is 1.37. The van der Waals surface area contributed by atoms with Gasteiger partial charge in [0.2, 0.25) is 0 Å². The molecule has 0 amide bonds. The van der Waals surface area contributed by atoms with Crippen LogP contribution in [0.1, 0.15) is 32.3 Å². The Morgan fingerprint density at radius 3 is 3.00 bits per heavy atom. The zero-order chi connectivity index (χ0) is 16.8. The molecule has 0 unspecified atom stereocenters. The molecule has 1 N–H and O–H groups in total. The maximum absolute atomic E-state index is 12.0. The smallest absolute Gasteiger partial charge is 0.348 e. The fourth-order valence-electron chi connectivity index (χ4n) is 3.14. The molecule has 0 fully saturated rings. The molecule has 0 spiro atoms. The summed E-state index contributed by atoms with van der Waals surface area (Å²) in [5, 5.41) is 8.11. The SMILES string of the molecule is COC(=O)c1sc2nc(C)nc(N3CCc4[nH]ncc4C3)c2c1C. The van der Waals surface area contributed by atoms with Crippen molar-refractivity contribution in [3.05, 3.63) is 33.7 Å². The summed E-state index contributed by atoms with van der Waals surface area (Å²) in [6, 6.07) is 0. The molecule has 0 aliphatic carbocycles. The van der Waals surface area contributed by atoms with E-state index in [9.17, 15) is 4.79 Å². The minimum Gasteiger partial charge on any atom is -0.465 e. The van der Waals surface area contributed by atoms with Gasteiger partial charge in [-0.2, -0.15) is 5.10 Å². The van der Waals surface area contributed by atoms with Crippen molar-refractivity contribution in [1.29, 1.82) is 0 Å². The van der Waals surface area contributed by atoms with E-state index >= 15 is 0 Å². The van der Waals surface area contributed by atoms with Crippen molar-refractivity contribution >= 4 is 33.3 Å². The van der Waals surface area contributed by atoms with E-state index < -0.39 is 0 Å². The second kappa shape index (κ2) is 5.55. The molecule has 0 bridgehead atoms. The van der Waals surface area contributed by atoms with E-state index in [0.717, 1.165) is 41.1 Å². The molecule has 7 nitrogen and oxygen atoms in total. The molecule has 8 heteroatoms. The number of anilines is 1. The van der Waals surface area contributed by atoms with Crippen LogP contribution in [0.15, 0.2) is 6.20 Å². The maximum Gasteiger partial charge on any atom is 0.348 e. The third-order valence-corrected chi connectivity index (χ3v) is 5.52. The average Bonchev–Trinajstić information content (AvgIpc) is 3.17. The van der Waals surface area contributed by atoms with Gasteiger partial charge in [-0.25, -0.2) is 14.8 Å². The van der Waals surface area contributed by atoms with Gasteiger partial charge in [0.05, 0.1) is 18.7 Å². The van der Waals surface area contributed by atoms with Crippen molar-refractivity contribution in [1.82, 2.24) is 20.2 Å². The first-order valence-corrected chi connectivity index (χ1v) is 8.52. The molecule has 0 saturated heterocycles. The summed E-state index contributed by atoms with van der Waals surface area (Å²) in [6.45, 7) is 5.41. The fraction of sp³-hybridized carbons (Fsp3) is 0.375. The second-order valence-corrected chi connectivity index (χ2v) is 6.87. The minimum atomic E-state index is -0.324.